The lowest BCUT2D eigenvalue weighted by Gasteiger charge is -2.33. The van der Waals surface area contributed by atoms with Crippen LogP contribution in [0.4, 0.5) is 30.9 Å². The van der Waals surface area contributed by atoms with Crippen molar-refractivity contribution in [3.05, 3.63) is 48.2 Å². The maximum atomic E-state index is 15.2. The Kier molecular flexibility index (Phi) is 8.71. The van der Waals surface area contributed by atoms with E-state index in [4.69, 9.17) is 14.2 Å². The van der Waals surface area contributed by atoms with Gasteiger partial charge in [0, 0.05) is 64.0 Å². The van der Waals surface area contributed by atoms with E-state index in [2.05, 4.69) is 30.6 Å². The highest BCUT2D eigenvalue weighted by Gasteiger charge is 2.29. The minimum atomic E-state index is -0.960. The number of nitrogens with one attached hydrogen (secondary N) is 2. The second-order valence-electron chi connectivity index (χ2n) is 11.4. The zero-order valence-electron chi connectivity index (χ0n) is 25.8. The lowest BCUT2D eigenvalue weighted by Crippen LogP contribution is -2.44. The Morgan fingerprint density at radius 2 is 1.73 bits per heavy atom. The standard InChI is InChI=1S/C30H34F2N8O5/c1-30(2,3)45-29(42)40-9-7-17(8-10-40)44-25-19(31)11-16(12-20(25)32)36-27-24(28(41)43-6)37-23(26(33-4)38-27)18-13-34-14-21-22(18)35-15-39(21)5/h11-15,17H,7-10H2,1-6H3,(H2,33,36,38). The van der Waals surface area contributed by atoms with E-state index in [1.807, 2.05) is 7.05 Å². The van der Waals surface area contributed by atoms with Crippen LogP contribution in [0.3, 0.4) is 0 Å². The minimum absolute atomic E-state index is 0.0418. The number of nitrogens with zero attached hydrogens (tertiary/aromatic N) is 6. The number of imidazole rings is 1. The average Bonchev–Trinajstić information content (AvgIpc) is 3.38. The summed E-state index contributed by atoms with van der Waals surface area (Å²) in [7, 11) is 4.62. The number of methoxy groups -OCH3 is 1. The van der Waals surface area contributed by atoms with Gasteiger partial charge in [-0.15, -0.1) is 0 Å². The first-order valence-electron chi connectivity index (χ1n) is 14.2. The first-order chi connectivity index (χ1) is 21.4. The average molecular weight is 625 g/mol. The van der Waals surface area contributed by atoms with E-state index < -0.39 is 41.2 Å². The summed E-state index contributed by atoms with van der Waals surface area (Å²) in [5, 5.41) is 5.73. The molecule has 3 aromatic heterocycles. The van der Waals surface area contributed by atoms with Crippen LogP contribution in [0.2, 0.25) is 0 Å². The number of hydrogen-bond acceptors (Lipinski definition) is 11. The van der Waals surface area contributed by atoms with Crippen LogP contribution in [0.5, 0.6) is 5.75 Å². The van der Waals surface area contributed by atoms with Crippen molar-refractivity contribution < 1.29 is 32.6 Å². The fourth-order valence-electron chi connectivity index (χ4n) is 4.87. The van der Waals surface area contributed by atoms with Gasteiger partial charge in [0.2, 0.25) is 0 Å². The molecule has 45 heavy (non-hydrogen) atoms. The van der Waals surface area contributed by atoms with Gasteiger partial charge in [-0.3, -0.25) is 4.98 Å². The highest BCUT2D eigenvalue weighted by atomic mass is 19.1. The summed E-state index contributed by atoms with van der Waals surface area (Å²) in [6.07, 6.45) is 4.63. The van der Waals surface area contributed by atoms with Crippen molar-refractivity contribution in [3.63, 3.8) is 0 Å². The molecule has 5 rings (SSSR count). The maximum absolute atomic E-state index is 15.2. The number of piperidine rings is 1. The van der Waals surface area contributed by atoms with Crippen molar-refractivity contribution in [3.8, 4) is 17.0 Å². The number of carbonyl (C=O) groups excluding carboxylic acids is 2. The van der Waals surface area contributed by atoms with Gasteiger partial charge in [0.1, 0.15) is 22.9 Å². The predicted octanol–water partition coefficient (Wildman–Crippen LogP) is 5.05. The molecule has 1 amide bonds. The number of aromatic nitrogens is 5. The molecule has 238 valence electrons. The van der Waals surface area contributed by atoms with Gasteiger partial charge in [-0.1, -0.05) is 0 Å². The number of esters is 1. The number of amides is 1. The SMILES string of the molecule is CNc1nc(Nc2cc(F)c(OC3CCN(C(=O)OC(C)(C)C)CC3)c(F)c2)c(C(=O)OC)nc1-c1cncc2c1ncn2C. The molecule has 1 aliphatic rings. The van der Waals surface area contributed by atoms with Crippen molar-refractivity contribution in [2.45, 2.75) is 45.3 Å². The summed E-state index contributed by atoms with van der Waals surface area (Å²) in [5.74, 6) is -3.13. The van der Waals surface area contributed by atoms with Gasteiger partial charge >= 0.3 is 12.1 Å². The monoisotopic (exact) mass is 624 g/mol. The molecule has 0 unspecified atom stereocenters. The molecule has 4 heterocycles. The Morgan fingerprint density at radius 1 is 1.04 bits per heavy atom. The third-order valence-corrected chi connectivity index (χ3v) is 7.04. The van der Waals surface area contributed by atoms with Crippen LogP contribution in [0, 0.1) is 11.6 Å². The van der Waals surface area contributed by atoms with Gasteiger partial charge in [-0.25, -0.2) is 33.3 Å². The summed E-state index contributed by atoms with van der Waals surface area (Å²) < 4.78 is 48.2. The normalized spacial score (nSPS) is 13.9. The van der Waals surface area contributed by atoms with Crippen LogP contribution in [0.25, 0.3) is 22.3 Å². The number of ether oxygens (including phenoxy) is 3. The zero-order chi connectivity index (χ0) is 32.5. The van der Waals surface area contributed by atoms with Gasteiger partial charge < -0.3 is 34.3 Å². The quantitative estimate of drug-likeness (QED) is 0.266. The zero-order valence-corrected chi connectivity index (χ0v) is 25.8. The van der Waals surface area contributed by atoms with Crippen molar-refractivity contribution in [2.75, 3.05) is 37.9 Å². The summed E-state index contributed by atoms with van der Waals surface area (Å²) in [6, 6.07) is 2.06. The molecule has 1 saturated heterocycles. The third-order valence-electron chi connectivity index (χ3n) is 7.04. The van der Waals surface area contributed by atoms with E-state index in [1.54, 1.807) is 56.0 Å². The minimum Gasteiger partial charge on any atom is -0.484 e. The number of likely N-dealkylation sites (tertiary alicyclic amines) is 1. The van der Waals surface area contributed by atoms with Crippen LogP contribution in [0.15, 0.2) is 30.9 Å². The number of rotatable bonds is 7. The van der Waals surface area contributed by atoms with Crippen LogP contribution in [0.1, 0.15) is 44.1 Å². The number of anilines is 3. The van der Waals surface area contributed by atoms with Crippen molar-refractivity contribution >= 4 is 40.4 Å². The molecule has 0 saturated carbocycles. The van der Waals surface area contributed by atoms with E-state index in [0.29, 0.717) is 37.0 Å². The Hall–Kier alpha value is -5.08. The number of halogens is 2. The van der Waals surface area contributed by atoms with Crippen molar-refractivity contribution in [1.29, 1.82) is 0 Å². The molecule has 0 bridgehead atoms. The molecule has 0 atom stereocenters. The van der Waals surface area contributed by atoms with Gasteiger partial charge in [0.25, 0.3) is 0 Å². The van der Waals surface area contributed by atoms with Gasteiger partial charge in [-0.2, -0.15) is 0 Å². The number of fused-ring (bicyclic) bond motifs is 1. The Morgan fingerprint density at radius 3 is 2.36 bits per heavy atom. The van der Waals surface area contributed by atoms with Crippen LogP contribution in [-0.2, 0) is 16.5 Å². The summed E-state index contributed by atoms with van der Waals surface area (Å²) in [6.45, 7) is 6.00. The summed E-state index contributed by atoms with van der Waals surface area (Å²) in [4.78, 5) is 44.4. The largest absolute Gasteiger partial charge is 0.484 e. The van der Waals surface area contributed by atoms with Crippen LogP contribution < -0.4 is 15.4 Å². The Labute approximate surface area is 257 Å². The lowest BCUT2D eigenvalue weighted by atomic mass is 10.1. The Bertz CT molecular complexity index is 1730. The van der Waals surface area contributed by atoms with E-state index >= 15 is 8.78 Å². The molecular weight excluding hydrogens is 590 g/mol. The number of aryl methyl sites for hydroxylation is 1. The molecule has 13 nitrogen and oxygen atoms in total. The van der Waals surface area contributed by atoms with Gasteiger partial charge in [0.05, 0.1) is 30.7 Å². The highest BCUT2D eigenvalue weighted by molar-refractivity contribution is 5.98. The summed E-state index contributed by atoms with van der Waals surface area (Å²) in [5.41, 5.74) is 1.22. The molecule has 0 spiro atoms. The molecule has 0 radical (unpaired) electrons. The molecular formula is C30H34F2N8O5. The molecule has 4 aromatic rings. The second-order valence-corrected chi connectivity index (χ2v) is 11.4. The molecule has 1 fully saturated rings. The smallest absolute Gasteiger partial charge is 0.410 e. The predicted molar refractivity (Wildman–Crippen MR) is 162 cm³/mol. The molecule has 2 N–H and O–H groups in total. The van der Waals surface area contributed by atoms with Crippen LogP contribution >= 0.6 is 0 Å². The number of hydrogen-bond donors (Lipinski definition) is 2. The fourth-order valence-corrected chi connectivity index (χ4v) is 4.87. The first-order valence-corrected chi connectivity index (χ1v) is 14.2. The van der Waals surface area contributed by atoms with Gasteiger partial charge in [-0.05, 0) is 20.8 Å². The number of pyridine rings is 1. The van der Waals surface area contributed by atoms with Crippen molar-refractivity contribution in [1.82, 2.24) is 29.4 Å². The van der Waals surface area contributed by atoms with Crippen LogP contribution in [-0.4, -0.2) is 80.4 Å². The van der Waals surface area contributed by atoms with E-state index in [1.165, 1.54) is 7.11 Å². The number of carbonyl (C=O) groups is 2. The van der Waals surface area contributed by atoms with E-state index in [-0.39, 0.29) is 28.7 Å². The highest BCUT2D eigenvalue weighted by Crippen LogP contribution is 2.34. The fraction of sp³-hybridized carbons (Fsp3) is 0.400. The maximum Gasteiger partial charge on any atom is 0.410 e. The first kappa shape index (κ1) is 31.3. The molecule has 15 heteroatoms. The topological polar surface area (TPSA) is 146 Å². The second kappa shape index (κ2) is 12.5. The van der Waals surface area contributed by atoms with E-state index in [0.717, 1.165) is 17.6 Å². The number of benzene rings is 1. The molecule has 0 aliphatic carbocycles. The third kappa shape index (κ3) is 6.71. The van der Waals surface area contributed by atoms with Gasteiger partial charge in [0.15, 0.2) is 34.7 Å². The lowest BCUT2D eigenvalue weighted by molar-refractivity contribution is 0.0119. The molecule has 1 aliphatic heterocycles. The Balaban J connectivity index is 1.38. The molecule has 1 aromatic carbocycles. The van der Waals surface area contributed by atoms with E-state index in [9.17, 15) is 9.59 Å². The van der Waals surface area contributed by atoms with Crippen molar-refractivity contribution in [2.24, 2.45) is 7.05 Å². The summed E-state index contributed by atoms with van der Waals surface area (Å²) >= 11 is 0.